The Morgan fingerprint density at radius 2 is 2.37 bits per heavy atom. The summed E-state index contributed by atoms with van der Waals surface area (Å²) in [5.41, 5.74) is 8.57. The molecule has 0 saturated carbocycles. The fourth-order valence-corrected chi connectivity index (χ4v) is 3.22. The lowest BCUT2D eigenvalue weighted by molar-refractivity contribution is -0.101. The van der Waals surface area contributed by atoms with Crippen molar-refractivity contribution in [1.82, 2.24) is 4.98 Å². The van der Waals surface area contributed by atoms with Crippen LogP contribution in [-0.4, -0.2) is 30.4 Å². The number of rotatable bonds is 2. The SMILES string of the molecule is Cc1ccnc(C(N)C2CCOC3(CCOC3)C2)c1. The lowest BCUT2D eigenvalue weighted by atomic mass is 9.80. The van der Waals surface area contributed by atoms with Gasteiger partial charge < -0.3 is 15.2 Å². The second-order valence-electron chi connectivity index (χ2n) is 5.87. The maximum absolute atomic E-state index is 6.43. The van der Waals surface area contributed by atoms with Gasteiger partial charge in [-0.15, -0.1) is 0 Å². The number of aromatic nitrogens is 1. The highest BCUT2D eigenvalue weighted by atomic mass is 16.6. The van der Waals surface area contributed by atoms with E-state index in [1.165, 1.54) is 5.56 Å². The van der Waals surface area contributed by atoms with E-state index in [4.69, 9.17) is 15.2 Å². The Bertz CT molecular complexity index is 444. The topological polar surface area (TPSA) is 57.4 Å². The van der Waals surface area contributed by atoms with Gasteiger partial charge in [0.05, 0.1) is 23.9 Å². The molecule has 1 spiro atoms. The Balaban J connectivity index is 1.74. The zero-order valence-corrected chi connectivity index (χ0v) is 11.5. The van der Waals surface area contributed by atoms with E-state index in [1.54, 1.807) is 0 Å². The van der Waals surface area contributed by atoms with Crippen molar-refractivity contribution in [2.24, 2.45) is 11.7 Å². The van der Waals surface area contributed by atoms with E-state index in [9.17, 15) is 0 Å². The molecule has 4 heteroatoms. The summed E-state index contributed by atoms with van der Waals surface area (Å²) in [4.78, 5) is 4.43. The molecule has 0 amide bonds. The Morgan fingerprint density at radius 3 is 3.11 bits per heavy atom. The van der Waals surface area contributed by atoms with Crippen LogP contribution in [0, 0.1) is 12.8 Å². The molecule has 0 aliphatic carbocycles. The van der Waals surface area contributed by atoms with Crippen LogP contribution in [0.5, 0.6) is 0 Å². The van der Waals surface area contributed by atoms with Gasteiger partial charge in [-0.2, -0.15) is 0 Å². The smallest absolute Gasteiger partial charge is 0.0940 e. The minimum Gasteiger partial charge on any atom is -0.378 e. The van der Waals surface area contributed by atoms with Gasteiger partial charge in [0.15, 0.2) is 0 Å². The van der Waals surface area contributed by atoms with Crippen LogP contribution in [0.1, 0.15) is 36.6 Å². The van der Waals surface area contributed by atoms with Crippen molar-refractivity contribution >= 4 is 0 Å². The molecule has 104 valence electrons. The molecule has 2 saturated heterocycles. The average molecular weight is 262 g/mol. The second-order valence-corrected chi connectivity index (χ2v) is 5.87. The van der Waals surface area contributed by atoms with Gasteiger partial charge in [-0.3, -0.25) is 4.98 Å². The Hall–Kier alpha value is -0.970. The summed E-state index contributed by atoms with van der Waals surface area (Å²) < 4.78 is 11.5. The van der Waals surface area contributed by atoms with Crippen molar-refractivity contribution in [3.8, 4) is 0 Å². The molecule has 4 nitrogen and oxygen atoms in total. The zero-order chi connectivity index (χ0) is 13.3. The fourth-order valence-electron chi connectivity index (χ4n) is 3.22. The predicted octanol–water partition coefficient (Wildman–Crippen LogP) is 1.98. The number of nitrogens with zero attached hydrogens (tertiary/aromatic N) is 1. The first-order valence-corrected chi connectivity index (χ1v) is 7.08. The number of ether oxygens (including phenoxy) is 2. The summed E-state index contributed by atoms with van der Waals surface area (Å²) in [5, 5.41) is 0. The first kappa shape index (κ1) is 13.0. The van der Waals surface area contributed by atoms with E-state index < -0.39 is 0 Å². The molecule has 2 N–H and O–H groups in total. The Morgan fingerprint density at radius 1 is 1.47 bits per heavy atom. The van der Waals surface area contributed by atoms with E-state index in [-0.39, 0.29) is 11.6 Å². The normalized spacial score (nSPS) is 32.6. The van der Waals surface area contributed by atoms with E-state index in [0.717, 1.165) is 44.8 Å². The van der Waals surface area contributed by atoms with Crippen LogP contribution in [0.4, 0.5) is 0 Å². The van der Waals surface area contributed by atoms with Crippen molar-refractivity contribution in [1.29, 1.82) is 0 Å². The lowest BCUT2D eigenvalue weighted by Gasteiger charge is -2.39. The van der Waals surface area contributed by atoms with Crippen molar-refractivity contribution in [2.45, 2.75) is 37.8 Å². The molecular formula is C15H22N2O2. The van der Waals surface area contributed by atoms with Crippen LogP contribution in [-0.2, 0) is 9.47 Å². The molecule has 1 aromatic rings. The van der Waals surface area contributed by atoms with Gasteiger partial charge in [0, 0.05) is 25.8 Å². The summed E-state index contributed by atoms with van der Waals surface area (Å²) in [6.45, 7) is 4.39. The summed E-state index contributed by atoms with van der Waals surface area (Å²) in [6, 6.07) is 4.10. The zero-order valence-electron chi connectivity index (χ0n) is 11.5. The van der Waals surface area contributed by atoms with Gasteiger partial charge in [-0.05, 0) is 43.4 Å². The first-order chi connectivity index (χ1) is 9.19. The molecule has 0 aromatic carbocycles. The summed E-state index contributed by atoms with van der Waals surface area (Å²) >= 11 is 0. The third kappa shape index (κ3) is 2.66. The summed E-state index contributed by atoms with van der Waals surface area (Å²) in [6.07, 6.45) is 4.85. The molecule has 2 aliphatic heterocycles. The molecule has 0 radical (unpaired) electrons. The van der Waals surface area contributed by atoms with Crippen molar-refractivity contribution in [2.75, 3.05) is 19.8 Å². The quantitative estimate of drug-likeness (QED) is 0.885. The minimum absolute atomic E-state index is 0.00118. The van der Waals surface area contributed by atoms with Crippen LogP contribution >= 0.6 is 0 Å². The molecule has 0 bridgehead atoms. The average Bonchev–Trinajstić information content (AvgIpc) is 2.86. The minimum atomic E-state index is -0.0790. The molecule has 3 unspecified atom stereocenters. The molecule has 3 heterocycles. The Labute approximate surface area is 114 Å². The Kier molecular flexibility index (Phi) is 3.56. The molecule has 2 aliphatic rings. The highest BCUT2D eigenvalue weighted by Crippen LogP contribution is 2.39. The van der Waals surface area contributed by atoms with Gasteiger partial charge in [-0.1, -0.05) is 0 Å². The van der Waals surface area contributed by atoms with Crippen LogP contribution in [0.3, 0.4) is 0 Å². The van der Waals surface area contributed by atoms with Crippen molar-refractivity contribution < 1.29 is 9.47 Å². The maximum Gasteiger partial charge on any atom is 0.0940 e. The van der Waals surface area contributed by atoms with Crippen LogP contribution in [0.2, 0.25) is 0 Å². The standard InChI is InChI=1S/C15H22N2O2/c1-11-2-5-17-13(8-11)14(16)12-3-6-19-15(9-12)4-7-18-10-15/h2,5,8,12,14H,3-4,6-7,9-10,16H2,1H3. The van der Waals surface area contributed by atoms with E-state index in [0.29, 0.717) is 5.92 Å². The molecule has 2 fully saturated rings. The highest BCUT2D eigenvalue weighted by Gasteiger charge is 2.42. The number of nitrogens with two attached hydrogens (primary N) is 1. The highest BCUT2D eigenvalue weighted by molar-refractivity contribution is 5.18. The fraction of sp³-hybridized carbons (Fsp3) is 0.667. The van der Waals surface area contributed by atoms with Gasteiger partial charge >= 0.3 is 0 Å². The van der Waals surface area contributed by atoms with Crippen LogP contribution < -0.4 is 5.73 Å². The van der Waals surface area contributed by atoms with Gasteiger partial charge in [0.1, 0.15) is 0 Å². The molecule has 1 aromatic heterocycles. The van der Waals surface area contributed by atoms with Gasteiger partial charge in [0.25, 0.3) is 0 Å². The number of hydrogen-bond donors (Lipinski definition) is 1. The summed E-state index contributed by atoms with van der Waals surface area (Å²) in [5.74, 6) is 0.435. The van der Waals surface area contributed by atoms with E-state index >= 15 is 0 Å². The third-order valence-electron chi connectivity index (χ3n) is 4.38. The number of hydrogen-bond acceptors (Lipinski definition) is 4. The second kappa shape index (κ2) is 5.19. The van der Waals surface area contributed by atoms with Crippen LogP contribution in [0.25, 0.3) is 0 Å². The van der Waals surface area contributed by atoms with E-state index in [1.807, 2.05) is 12.3 Å². The summed E-state index contributed by atoms with van der Waals surface area (Å²) in [7, 11) is 0. The third-order valence-corrected chi connectivity index (χ3v) is 4.38. The maximum atomic E-state index is 6.43. The first-order valence-electron chi connectivity index (χ1n) is 7.08. The monoisotopic (exact) mass is 262 g/mol. The molecular weight excluding hydrogens is 240 g/mol. The molecule has 19 heavy (non-hydrogen) atoms. The van der Waals surface area contributed by atoms with Crippen LogP contribution in [0.15, 0.2) is 18.3 Å². The molecule has 3 rings (SSSR count). The number of aryl methyl sites for hydroxylation is 1. The van der Waals surface area contributed by atoms with E-state index in [2.05, 4.69) is 18.0 Å². The predicted molar refractivity (Wildman–Crippen MR) is 72.7 cm³/mol. The molecule has 3 atom stereocenters. The van der Waals surface area contributed by atoms with Crippen molar-refractivity contribution in [3.63, 3.8) is 0 Å². The number of pyridine rings is 1. The van der Waals surface area contributed by atoms with Gasteiger partial charge in [0.2, 0.25) is 0 Å². The van der Waals surface area contributed by atoms with Gasteiger partial charge in [-0.25, -0.2) is 0 Å². The largest absolute Gasteiger partial charge is 0.378 e. The van der Waals surface area contributed by atoms with Crippen molar-refractivity contribution in [3.05, 3.63) is 29.6 Å². The lowest BCUT2D eigenvalue weighted by Crippen LogP contribution is -2.43.